The summed E-state index contributed by atoms with van der Waals surface area (Å²) < 4.78 is 27.2. The van der Waals surface area contributed by atoms with Crippen LogP contribution in [0.3, 0.4) is 0 Å². The molecule has 1 aromatic carbocycles. The summed E-state index contributed by atoms with van der Waals surface area (Å²) in [6.45, 7) is 0. The molecule has 1 aromatic rings. The molecule has 1 saturated carbocycles. The molecular weight excluding hydrogens is 288 g/mol. The first-order valence-corrected chi connectivity index (χ1v) is 6.32. The zero-order chi connectivity index (χ0) is 12.5. The second-order valence-corrected chi connectivity index (χ2v) is 5.47. The smallest absolute Gasteiger partial charge is 0.207 e. The average Bonchev–Trinajstić information content (AvgIpc) is 2.31. The fourth-order valence-corrected chi connectivity index (χ4v) is 2.54. The quantitative estimate of drug-likeness (QED) is 0.753. The van der Waals surface area contributed by atoms with Crippen molar-refractivity contribution in [2.24, 2.45) is 0 Å². The Labute approximate surface area is 108 Å². The van der Waals surface area contributed by atoms with Crippen LogP contribution < -0.4 is 0 Å². The van der Waals surface area contributed by atoms with Gasteiger partial charge in [0.25, 0.3) is 0 Å². The maximum atomic E-state index is 13.1. The van der Waals surface area contributed by atoms with Crippen LogP contribution in [0.4, 0.5) is 8.78 Å². The third-order valence-electron chi connectivity index (χ3n) is 3.45. The fraction of sp³-hybridized carbons (Fsp3) is 0.462. The fourth-order valence-electron chi connectivity index (χ4n) is 2.28. The number of alkyl halides is 2. The Morgan fingerprint density at radius 1 is 1.06 bits per heavy atom. The molecule has 0 aromatic heterocycles. The van der Waals surface area contributed by atoms with Gasteiger partial charge in [-0.05, 0) is 30.5 Å². The summed E-state index contributed by atoms with van der Waals surface area (Å²) in [7, 11) is 0. The Balaban J connectivity index is 2.28. The predicted molar refractivity (Wildman–Crippen MR) is 64.8 cm³/mol. The lowest BCUT2D eigenvalue weighted by Crippen LogP contribution is -2.35. The third-order valence-corrected chi connectivity index (χ3v) is 3.97. The normalized spacial score (nSPS) is 21.8. The van der Waals surface area contributed by atoms with E-state index in [2.05, 4.69) is 22.0 Å². The van der Waals surface area contributed by atoms with Gasteiger partial charge in [0.2, 0.25) is 5.92 Å². The van der Waals surface area contributed by atoms with Gasteiger partial charge in [-0.3, -0.25) is 0 Å². The van der Waals surface area contributed by atoms with E-state index in [1.807, 2.05) is 24.3 Å². The molecule has 2 rings (SSSR count). The standard InChI is InChI=1S/C13H12BrF2N/c14-11-3-1-10(2-4-11)12(9-17)5-7-13(15,16)8-6-12/h1-4H,5-8H2. The highest BCUT2D eigenvalue weighted by Gasteiger charge is 2.44. The van der Waals surface area contributed by atoms with Crippen LogP contribution in [0.25, 0.3) is 0 Å². The molecule has 0 aliphatic heterocycles. The molecule has 1 nitrogen and oxygen atoms in total. The van der Waals surface area contributed by atoms with E-state index in [0.717, 1.165) is 10.0 Å². The molecule has 90 valence electrons. The van der Waals surface area contributed by atoms with Crippen LogP contribution in [-0.4, -0.2) is 5.92 Å². The van der Waals surface area contributed by atoms with E-state index in [1.54, 1.807) is 0 Å². The van der Waals surface area contributed by atoms with Crippen molar-refractivity contribution in [2.75, 3.05) is 0 Å². The maximum Gasteiger partial charge on any atom is 0.248 e. The summed E-state index contributed by atoms with van der Waals surface area (Å²) in [5.74, 6) is -2.60. The first-order chi connectivity index (χ1) is 7.97. The molecule has 0 saturated heterocycles. The van der Waals surface area contributed by atoms with Gasteiger partial charge in [0.1, 0.15) is 0 Å². The third kappa shape index (κ3) is 2.50. The molecule has 1 fully saturated rings. The summed E-state index contributed by atoms with van der Waals surface area (Å²) in [5.41, 5.74) is 0.112. The molecule has 1 aliphatic carbocycles. The Bertz CT molecular complexity index is 437. The number of hydrogen-bond donors (Lipinski definition) is 0. The van der Waals surface area contributed by atoms with Gasteiger partial charge in [0, 0.05) is 17.3 Å². The molecule has 0 N–H and O–H groups in total. The first-order valence-electron chi connectivity index (χ1n) is 5.53. The van der Waals surface area contributed by atoms with Gasteiger partial charge in [0.15, 0.2) is 0 Å². The number of hydrogen-bond acceptors (Lipinski definition) is 1. The van der Waals surface area contributed by atoms with Crippen molar-refractivity contribution in [3.63, 3.8) is 0 Å². The number of halogens is 3. The van der Waals surface area contributed by atoms with Crippen LogP contribution in [0.1, 0.15) is 31.2 Å². The van der Waals surface area contributed by atoms with Crippen LogP contribution in [-0.2, 0) is 5.41 Å². The van der Waals surface area contributed by atoms with E-state index in [-0.39, 0.29) is 25.7 Å². The van der Waals surface area contributed by atoms with Crippen molar-refractivity contribution in [3.8, 4) is 6.07 Å². The van der Waals surface area contributed by atoms with E-state index >= 15 is 0 Å². The first kappa shape index (κ1) is 12.5. The van der Waals surface area contributed by atoms with Crippen molar-refractivity contribution in [1.29, 1.82) is 5.26 Å². The lowest BCUT2D eigenvalue weighted by Gasteiger charge is -2.35. The molecule has 4 heteroatoms. The van der Waals surface area contributed by atoms with Crippen molar-refractivity contribution >= 4 is 15.9 Å². The number of nitrogens with zero attached hydrogens (tertiary/aromatic N) is 1. The molecule has 0 atom stereocenters. The minimum atomic E-state index is -2.60. The van der Waals surface area contributed by atoms with Gasteiger partial charge in [-0.1, -0.05) is 28.1 Å². The van der Waals surface area contributed by atoms with Gasteiger partial charge in [-0.2, -0.15) is 5.26 Å². The highest BCUT2D eigenvalue weighted by atomic mass is 79.9. The van der Waals surface area contributed by atoms with Crippen molar-refractivity contribution < 1.29 is 8.78 Å². The zero-order valence-corrected chi connectivity index (χ0v) is 10.8. The van der Waals surface area contributed by atoms with Crippen LogP contribution in [0.15, 0.2) is 28.7 Å². The molecule has 17 heavy (non-hydrogen) atoms. The summed E-state index contributed by atoms with van der Waals surface area (Å²) in [4.78, 5) is 0. The van der Waals surface area contributed by atoms with Gasteiger partial charge in [0.05, 0.1) is 11.5 Å². The molecule has 0 spiro atoms. The number of benzene rings is 1. The van der Waals surface area contributed by atoms with Gasteiger partial charge < -0.3 is 0 Å². The lowest BCUT2D eigenvalue weighted by molar-refractivity contribution is -0.0453. The van der Waals surface area contributed by atoms with Gasteiger partial charge >= 0.3 is 0 Å². The molecule has 0 amide bonds. The minimum absolute atomic E-state index is 0.198. The van der Waals surface area contributed by atoms with Crippen molar-refractivity contribution in [2.45, 2.75) is 37.0 Å². The van der Waals surface area contributed by atoms with Gasteiger partial charge in [-0.25, -0.2) is 8.78 Å². The summed E-state index contributed by atoms with van der Waals surface area (Å²) in [6, 6.07) is 9.63. The summed E-state index contributed by atoms with van der Waals surface area (Å²) in [6.07, 6.45) is 0.0729. The summed E-state index contributed by atoms with van der Waals surface area (Å²) >= 11 is 3.32. The Morgan fingerprint density at radius 2 is 1.59 bits per heavy atom. The monoisotopic (exact) mass is 299 g/mol. The largest absolute Gasteiger partial charge is 0.248 e. The predicted octanol–water partition coefficient (Wildman–Crippen LogP) is 4.42. The summed E-state index contributed by atoms with van der Waals surface area (Å²) in [5, 5.41) is 9.33. The highest BCUT2D eigenvalue weighted by molar-refractivity contribution is 9.10. The average molecular weight is 300 g/mol. The lowest BCUT2D eigenvalue weighted by atomic mass is 9.69. The van der Waals surface area contributed by atoms with E-state index < -0.39 is 11.3 Å². The van der Waals surface area contributed by atoms with E-state index in [4.69, 9.17) is 0 Å². The zero-order valence-electron chi connectivity index (χ0n) is 9.22. The minimum Gasteiger partial charge on any atom is -0.207 e. The SMILES string of the molecule is N#CC1(c2ccc(Br)cc2)CCC(F)(F)CC1. The molecule has 0 radical (unpaired) electrons. The molecule has 0 unspecified atom stereocenters. The number of rotatable bonds is 1. The molecule has 1 aliphatic rings. The maximum absolute atomic E-state index is 13.1. The second-order valence-electron chi connectivity index (χ2n) is 4.56. The van der Waals surface area contributed by atoms with E-state index in [1.165, 1.54) is 0 Å². The van der Waals surface area contributed by atoms with Crippen molar-refractivity contribution in [1.82, 2.24) is 0 Å². The highest BCUT2D eigenvalue weighted by Crippen LogP contribution is 2.45. The molecule has 0 bridgehead atoms. The van der Waals surface area contributed by atoms with Crippen molar-refractivity contribution in [3.05, 3.63) is 34.3 Å². The number of nitriles is 1. The Kier molecular flexibility index (Phi) is 3.22. The van der Waals surface area contributed by atoms with Crippen LogP contribution in [0.2, 0.25) is 0 Å². The molecular formula is C13H12BrF2N. The Morgan fingerprint density at radius 3 is 2.06 bits per heavy atom. The van der Waals surface area contributed by atoms with Crippen LogP contribution in [0, 0.1) is 11.3 Å². The van der Waals surface area contributed by atoms with E-state index in [0.29, 0.717) is 0 Å². The Hall–Kier alpha value is -0.950. The van der Waals surface area contributed by atoms with Crippen LogP contribution in [0.5, 0.6) is 0 Å². The topological polar surface area (TPSA) is 23.8 Å². The second kappa shape index (κ2) is 4.38. The van der Waals surface area contributed by atoms with Crippen LogP contribution >= 0.6 is 15.9 Å². The van der Waals surface area contributed by atoms with E-state index in [9.17, 15) is 14.0 Å². The molecule has 0 heterocycles. The van der Waals surface area contributed by atoms with Gasteiger partial charge in [-0.15, -0.1) is 0 Å².